The van der Waals surface area contributed by atoms with E-state index in [1.807, 2.05) is 0 Å². The van der Waals surface area contributed by atoms with Gasteiger partial charge in [0.25, 0.3) is 5.92 Å². The number of nitrogens with zero attached hydrogens (tertiary/aromatic N) is 1. The van der Waals surface area contributed by atoms with Crippen LogP contribution in [0.4, 0.5) is 8.78 Å². The second-order valence-corrected chi connectivity index (χ2v) is 7.85. The summed E-state index contributed by atoms with van der Waals surface area (Å²) in [5.41, 5.74) is 0. The SMILES string of the molecule is CC(=O)C1CC2CC(CN3CC(F)(F)CC3C(=O)O)CCC2CN1. The molecule has 3 rings (SSSR count). The Hall–Kier alpha value is -1.08. The molecule has 2 N–H and O–H groups in total. The molecule has 0 radical (unpaired) electrons. The predicted octanol–water partition coefficient (Wildman–Crippen LogP) is 1.76. The zero-order chi connectivity index (χ0) is 17.5. The summed E-state index contributed by atoms with van der Waals surface area (Å²) in [6.45, 7) is 2.42. The molecule has 5 nitrogen and oxygen atoms in total. The Morgan fingerprint density at radius 3 is 2.67 bits per heavy atom. The first-order chi connectivity index (χ1) is 11.2. The molecule has 0 amide bonds. The molecular weight excluding hydrogens is 318 g/mol. The summed E-state index contributed by atoms with van der Waals surface area (Å²) in [5.74, 6) is -2.68. The number of nitrogens with one attached hydrogen (secondary N) is 1. The van der Waals surface area contributed by atoms with Gasteiger partial charge in [0.2, 0.25) is 0 Å². The van der Waals surface area contributed by atoms with Crippen LogP contribution in [0.2, 0.25) is 0 Å². The number of carbonyl (C=O) groups is 2. The van der Waals surface area contributed by atoms with Crippen LogP contribution in [0.5, 0.6) is 0 Å². The second-order valence-electron chi connectivity index (χ2n) is 7.85. The molecule has 1 aliphatic carbocycles. The highest BCUT2D eigenvalue weighted by Crippen LogP contribution is 2.40. The van der Waals surface area contributed by atoms with Gasteiger partial charge >= 0.3 is 5.97 Å². The smallest absolute Gasteiger partial charge is 0.321 e. The van der Waals surface area contributed by atoms with Crippen LogP contribution in [0.1, 0.15) is 39.0 Å². The lowest BCUT2D eigenvalue weighted by Gasteiger charge is -2.43. The molecule has 0 bridgehead atoms. The standard InChI is InChI=1S/C17H26F2N2O3/c1-10(22)14-5-13-4-11(2-3-12(13)7-20-14)8-21-9-17(18,19)6-15(21)16(23)24/h11-15,20H,2-9H2,1H3,(H,23,24). The van der Waals surface area contributed by atoms with E-state index in [1.165, 1.54) is 4.90 Å². The highest BCUT2D eigenvalue weighted by molar-refractivity contribution is 5.81. The molecule has 0 aromatic rings. The van der Waals surface area contributed by atoms with Crippen molar-refractivity contribution in [3.05, 3.63) is 0 Å². The van der Waals surface area contributed by atoms with Gasteiger partial charge in [-0.15, -0.1) is 0 Å². The van der Waals surface area contributed by atoms with Crippen molar-refractivity contribution in [2.24, 2.45) is 17.8 Å². The summed E-state index contributed by atoms with van der Waals surface area (Å²) in [4.78, 5) is 24.3. The average molecular weight is 344 g/mol. The normalized spacial score (nSPS) is 39.4. The van der Waals surface area contributed by atoms with Crippen LogP contribution in [0.3, 0.4) is 0 Å². The van der Waals surface area contributed by atoms with E-state index in [-0.39, 0.29) is 17.7 Å². The molecule has 0 aromatic carbocycles. The quantitative estimate of drug-likeness (QED) is 0.813. The second kappa shape index (κ2) is 6.67. The van der Waals surface area contributed by atoms with Crippen molar-refractivity contribution in [1.29, 1.82) is 0 Å². The number of alkyl halides is 2. The zero-order valence-electron chi connectivity index (χ0n) is 14.0. The summed E-state index contributed by atoms with van der Waals surface area (Å²) in [7, 11) is 0. The number of piperidine rings is 1. The lowest BCUT2D eigenvalue weighted by Crippen LogP contribution is -2.50. The average Bonchev–Trinajstić information content (AvgIpc) is 2.81. The highest BCUT2D eigenvalue weighted by atomic mass is 19.3. The number of carboxylic acids is 1. The van der Waals surface area contributed by atoms with Crippen molar-refractivity contribution in [2.75, 3.05) is 19.6 Å². The molecule has 3 fully saturated rings. The number of aliphatic carboxylic acids is 1. The van der Waals surface area contributed by atoms with Gasteiger partial charge in [0.15, 0.2) is 0 Å². The van der Waals surface area contributed by atoms with Crippen LogP contribution in [0.15, 0.2) is 0 Å². The molecule has 3 aliphatic rings. The number of carbonyl (C=O) groups excluding carboxylic acids is 1. The number of hydrogen-bond acceptors (Lipinski definition) is 4. The number of likely N-dealkylation sites (tertiary alicyclic amines) is 1. The van der Waals surface area contributed by atoms with E-state index in [9.17, 15) is 23.5 Å². The summed E-state index contributed by atoms with van der Waals surface area (Å²) in [5, 5.41) is 12.5. The molecule has 5 unspecified atom stereocenters. The van der Waals surface area contributed by atoms with Gasteiger partial charge in [-0.3, -0.25) is 14.5 Å². The molecule has 0 aromatic heterocycles. The van der Waals surface area contributed by atoms with Gasteiger partial charge in [-0.2, -0.15) is 0 Å². The molecule has 2 aliphatic heterocycles. The number of ketones is 1. The molecule has 1 saturated carbocycles. The molecule has 2 heterocycles. The summed E-state index contributed by atoms with van der Waals surface area (Å²) >= 11 is 0. The van der Waals surface area contributed by atoms with E-state index in [1.54, 1.807) is 6.92 Å². The van der Waals surface area contributed by atoms with Crippen molar-refractivity contribution in [3.8, 4) is 0 Å². The first-order valence-electron chi connectivity index (χ1n) is 8.83. The molecule has 5 atom stereocenters. The maximum absolute atomic E-state index is 13.6. The third-order valence-corrected chi connectivity index (χ3v) is 6.05. The van der Waals surface area contributed by atoms with E-state index < -0.39 is 30.9 Å². The van der Waals surface area contributed by atoms with Crippen molar-refractivity contribution in [1.82, 2.24) is 10.2 Å². The molecule has 136 valence electrons. The van der Waals surface area contributed by atoms with Gasteiger partial charge in [-0.25, -0.2) is 8.78 Å². The predicted molar refractivity (Wildman–Crippen MR) is 84.0 cm³/mol. The number of carboxylic acid groups (broad SMARTS) is 1. The Bertz CT molecular complexity index is 514. The summed E-state index contributed by atoms with van der Waals surface area (Å²) in [6.07, 6.45) is 3.11. The summed E-state index contributed by atoms with van der Waals surface area (Å²) in [6, 6.07) is -1.16. The van der Waals surface area contributed by atoms with Gasteiger partial charge in [0, 0.05) is 13.0 Å². The highest BCUT2D eigenvalue weighted by Gasteiger charge is 2.49. The number of fused-ring (bicyclic) bond motifs is 1. The van der Waals surface area contributed by atoms with Crippen LogP contribution < -0.4 is 5.32 Å². The van der Waals surface area contributed by atoms with Crippen LogP contribution in [0.25, 0.3) is 0 Å². The van der Waals surface area contributed by atoms with E-state index >= 15 is 0 Å². The van der Waals surface area contributed by atoms with E-state index in [4.69, 9.17) is 0 Å². The van der Waals surface area contributed by atoms with E-state index in [0.29, 0.717) is 18.4 Å². The molecular formula is C17H26F2N2O3. The summed E-state index contributed by atoms with van der Waals surface area (Å²) < 4.78 is 27.2. The van der Waals surface area contributed by atoms with Crippen molar-refractivity contribution >= 4 is 11.8 Å². The van der Waals surface area contributed by atoms with Crippen LogP contribution in [-0.4, -0.2) is 59.4 Å². The van der Waals surface area contributed by atoms with Gasteiger partial charge in [0.1, 0.15) is 11.8 Å². The first-order valence-corrected chi connectivity index (χ1v) is 8.83. The third-order valence-electron chi connectivity index (χ3n) is 6.05. The Kier molecular flexibility index (Phi) is 4.93. The Morgan fingerprint density at radius 2 is 2.00 bits per heavy atom. The minimum atomic E-state index is -2.91. The van der Waals surface area contributed by atoms with Crippen LogP contribution in [0, 0.1) is 17.8 Å². The Morgan fingerprint density at radius 1 is 1.25 bits per heavy atom. The van der Waals surface area contributed by atoms with E-state index in [2.05, 4.69) is 5.32 Å². The topological polar surface area (TPSA) is 69.6 Å². The van der Waals surface area contributed by atoms with Gasteiger partial charge < -0.3 is 10.4 Å². The molecule has 24 heavy (non-hydrogen) atoms. The van der Waals surface area contributed by atoms with E-state index in [0.717, 1.165) is 32.2 Å². The van der Waals surface area contributed by atoms with Crippen LogP contribution in [-0.2, 0) is 9.59 Å². The maximum Gasteiger partial charge on any atom is 0.321 e. The maximum atomic E-state index is 13.6. The Labute approximate surface area is 140 Å². The first kappa shape index (κ1) is 17.7. The number of Topliss-reactive ketones (excluding diaryl/α,β-unsaturated/α-hetero) is 1. The lowest BCUT2D eigenvalue weighted by molar-refractivity contribution is -0.142. The molecule has 2 saturated heterocycles. The largest absolute Gasteiger partial charge is 0.480 e. The minimum Gasteiger partial charge on any atom is -0.480 e. The van der Waals surface area contributed by atoms with Crippen molar-refractivity contribution in [3.63, 3.8) is 0 Å². The lowest BCUT2D eigenvalue weighted by atomic mass is 9.69. The molecule has 0 spiro atoms. The minimum absolute atomic E-state index is 0.0899. The van der Waals surface area contributed by atoms with Gasteiger partial charge in [-0.05, 0) is 56.9 Å². The fourth-order valence-corrected chi connectivity index (χ4v) is 4.79. The molecule has 7 heteroatoms. The number of hydrogen-bond donors (Lipinski definition) is 2. The van der Waals surface area contributed by atoms with Crippen LogP contribution >= 0.6 is 0 Å². The number of rotatable bonds is 4. The fourth-order valence-electron chi connectivity index (χ4n) is 4.79. The third kappa shape index (κ3) is 3.77. The van der Waals surface area contributed by atoms with Gasteiger partial charge in [-0.1, -0.05) is 0 Å². The van der Waals surface area contributed by atoms with Gasteiger partial charge in [0.05, 0.1) is 12.6 Å². The monoisotopic (exact) mass is 344 g/mol. The van der Waals surface area contributed by atoms with Crippen molar-refractivity contribution in [2.45, 2.75) is 57.0 Å². The van der Waals surface area contributed by atoms with Crippen molar-refractivity contribution < 1.29 is 23.5 Å². The zero-order valence-corrected chi connectivity index (χ0v) is 14.0. The number of halogens is 2. The Balaban J connectivity index is 1.60. The fraction of sp³-hybridized carbons (Fsp3) is 0.882.